The number of hydrogen-bond acceptors (Lipinski definition) is 3. The number of aromatic nitrogens is 1. The lowest BCUT2D eigenvalue weighted by Crippen LogP contribution is -2.14. The first-order valence-electron chi connectivity index (χ1n) is 6.84. The van der Waals surface area contributed by atoms with Gasteiger partial charge in [-0.2, -0.15) is 0 Å². The Morgan fingerprint density at radius 1 is 1.29 bits per heavy atom. The summed E-state index contributed by atoms with van der Waals surface area (Å²) in [6.45, 7) is 5.65. The third-order valence-electron chi connectivity index (χ3n) is 3.03. The van der Waals surface area contributed by atoms with Crippen LogP contribution < -0.4 is 10.1 Å². The highest BCUT2D eigenvalue weighted by Gasteiger charge is 2.09. The summed E-state index contributed by atoms with van der Waals surface area (Å²) in [5, 5.41) is 3.32. The van der Waals surface area contributed by atoms with E-state index in [4.69, 9.17) is 16.3 Å². The van der Waals surface area contributed by atoms with E-state index in [9.17, 15) is 4.39 Å². The molecule has 5 heteroatoms. The summed E-state index contributed by atoms with van der Waals surface area (Å²) < 4.78 is 19.2. The third-order valence-corrected chi connectivity index (χ3v) is 3.45. The van der Waals surface area contributed by atoms with Crippen LogP contribution in [-0.2, 0) is 13.2 Å². The molecule has 2 rings (SSSR count). The second kappa shape index (κ2) is 7.38. The molecule has 1 aromatic carbocycles. The average molecular weight is 309 g/mol. The van der Waals surface area contributed by atoms with Gasteiger partial charge in [-0.1, -0.05) is 30.7 Å². The van der Waals surface area contributed by atoms with Crippen molar-refractivity contribution in [3.05, 3.63) is 58.1 Å². The molecule has 0 spiro atoms. The maximum atomic E-state index is 13.4. The smallest absolute Gasteiger partial charge is 0.142 e. The van der Waals surface area contributed by atoms with Crippen molar-refractivity contribution in [3.8, 4) is 5.75 Å². The molecule has 0 saturated carbocycles. The maximum Gasteiger partial charge on any atom is 0.142 e. The van der Waals surface area contributed by atoms with Crippen LogP contribution in [0.5, 0.6) is 5.75 Å². The number of pyridine rings is 1. The Labute approximate surface area is 129 Å². The van der Waals surface area contributed by atoms with Gasteiger partial charge in [-0.3, -0.25) is 4.98 Å². The van der Waals surface area contributed by atoms with Gasteiger partial charge in [-0.15, -0.1) is 0 Å². The summed E-state index contributed by atoms with van der Waals surface area (Å²) in [6.07, 6.45) is 0. The van der Waals surface area contributed by atoms with Gasteiger partial charge in [0.1, 0.15) is 18.2 Å². The van der Waals surface area contributed by atoms with Gasteiger partial charge in [0.2, 0.25) is 0 Å². The highest BCUT2D eigenvalue weighted by Crippen LogP contribution is 2.23. The van der Waals surface area contributed by atoms with Gasteiger partial charge in [0, 0.05) is 17.8 Å². The SMILES string of the molecule is CCNCc1nc(C)ccc1OCc1cccc(F)c1Cl. The molecule has 0 aliphatic rings. The molecule has 2 aromatic rings. The monoisotopic (exact) mass is 308 g/mol. The van der Waals surface area contributed by atoms with E-state index in [0.29, 0.717) is 17.9 Å². The quantitative estimate of drug-likeness (QED) is 0.879. The zero-order chi connectivity index (χ0) is 15.2. The molecule has 0 atom stereocenters. The van der Waals surface area contributed by atoms with Gasteiger partial charge in [0.05, 0.1) is 10.7 Å². The molecular weight excluding hydrogens is 291 g/mol. The zero-order valence-electron chi connectivity index (χ0n) is 12.1. The van der Waals surface area contributed by atoms with E-state index in [1.54, 1.807) is 12.1 Å². The van der Waals surface area contributed by atoms with Gasteiger partial charge in [-0.05, 0) is 31.7 Å². The van der Waals surface area contributed by atoms with Crippen molar-refractivity contribution in [1.82, 2.24) is 10.3 Å². The Kier molecular flexibility index (Phi) is 5.53. The lowest BCUT2D eigenvalue weighted by molar-refractivity contribution is 0.299. The summed E-state index contributed by atoms with van der Waals surface area (Å²) in [4.78, 5) is 4.47. The topological polar surface area (TPSA) is 34.2 Å². The molecule has 0 aliphatic carbocycles. The number of nitrogens with zero attached hydrogens (tertiary/aromatic N) is 1. The minimum Gasteiger partial charge on any atom is -0.487 e. The van der Waals surface area contributed by atoms with Crippen LogP contribution in [0.25, 0.3) is 0 Å². The van der Waals surface area contributed by atoms with Gasteiger partial charge in [0.15, 0.2) is 0 Å². The molecule has 1 N–H and O–H groups in total. The van der Waals surface area contributed by atoms with Crippen molar-refractivity contribution in [2.75, 3.05) is 6.54 Å². The van der Waals surface area contributed by atoms with Crippen LogP contribution in [-0.4, -0.2) is 11.5 Å². The molecule has 0 fully saturated rings. The van der Waals surface area contributed by atoms with E-state index in [2.05, 4.69) is 10.3 Å². The lowest BCUT2D eigenvalue weighted by Gasteiger charge is -2.12. The van der Waals surface area contributed by atoms with Crippen molar-refractivity contribution < 1.29 is 9.13 Å². The Balaban J connectivity index is 2.14. The zero-order valence-corrected chi connectivity index (χ0v) is 12.9. The molecule has 3 nitrogen and oxygen atoms in total. The van der Waals surface area contributed by atoms with Crippen LogP contribution in [0.1, 0.15) is 23.9 Å². The Morgan fingerprint density at radius 2 is 2.10 bits per heavy atom. The first-order chi connectivity index (χ1) is 10.1. The standard InChI is InChI=1S/C16H18ClFN2O/c1-3-19-9-14-15(8-7-11(2)20-14)21-10-12-5-4-6-13(18)16(12)17/h4-8,19H,3,9-10H2,1-2H3. The van der Waals surface area contributed by atoms with E-state index in [0.717, 1.165) is 17.9 Å². The highest BCUT2D eigenvalue weighted by atomic mass is 35.5. The minimum absolute atomic E-state index is 0.103. The number of aryl methyl sites for hydroxylation is 1. The van der Waals surface area contributed by atoms with E-state index >= 15 is 0 Å². The number of hydrogen-bond donors (Lipinski definition) is 1. The Morgan fingerprint density at radius 3 is 2.86 bits per heavy atom. The molecule has 0 unspecified atom stereocenters. The largest absolute Gasteiger partial charge is 0.487 e. The minimum atomic E-state index is -0.437. The van der Waals surface area contributed by atoms with Gasteiger partial charge >= 0.3 is 0 Å². The fraction of sp³-hybridized carbons (Fsp3) is 0.312. The van der Waals surface area contributed by atoms with Crippen molar-refractivity contribution in [2.45, 2.75) is 27.0 Å². The number of benzene rings is 1. The number of ether oxygens (including phenoxy) is 1. The van der Waals surface area contributed by atoms with Crippen molar-refractivity contribution >= 4 is 11.6 Å². The average Bonchev–Trinajstić information content (AvgIpc) is 2.48. The third kappa shape index (κ3) is 4.16. The molecule has 0 radical (unpaired) electrons. The summed E-state index contributed by atoms with van der Waals surface area (Å²) in [5.41, 5.74) is 2.38. The van der Waals surface area contributed by atoms with Gasteiger partial charge in [-0.25, -0.2) is 4.39 Å². The molecular formula is C16H18ClFN2O. The normalized spacial score (nSPS) is 10.7. The van der Waals surface area contributed by atoms with Gasteiger partial charge in [0.25, 0.3) is 0 Å². The number of nitrogens with one attached hydrogen (secondary N) is 1. The van der Waals surface area contributed by atoms with Crippen LogP contribution in [0.15, 0.2) is 30.3 Å². The molecule has 0 aliphatic heterocycles. The maximum absolute atomic E-state index is 13.4. The van der Waals surface area contributed by atoms with Crippen LogP contribution in [0.4, 0.5) is 4.39 Å². The summed E-state index contributed by atoms with van der Waals surface area (Å²) in [5.74, 6) is 0.245. The molecule has 0 amide bonds. The number of rotatable bonds is 6. The fourth-order valence-corrected chi connectivity index (χ4v) is 2.10. The Bertz CT molecular complexity index is 619. The van der Waals surface area contributed by atoms with E-state index in [-0.39, 0.29) is 11.6 Å². The molecule has 1 aromatic heterocycles. The van der Waals surface area contributed by atoms with Crippen LogP contribution in [0.3, 0.4) is 0 Å². The summed E-state index contributed by atoms with van der Waals surface area (Å²) >= 11 is 5.93. The summed E-state index contributed by atoms with van der Waals surface area (Å²) in [7, 11) is 0. The predicted molar refractivity (Wildman–Crippen MR) is 82.1 cm³/mol. The van der Waals surface area contributed by atoms with Crippen molar-refractivity contribution in [3.63, 3.8) is 0 Å². The van der Waals surface area contributed by atoms with E-state index in [1.807, 2.05) is 26.0 Å². The molecule has 0 bridgehead atoms. The second-order valence-electron chi connectivity index (χ2n) is 4.68. The first-order valence-corrected chi connectivity index (χ1v) is 7.22. The molecule has 21 heavy (non-hydrogen) atoms. The van der Waals surface area contributed by atoms with Gasteiger partial charge < -0.3 is 10.1 Å². The van der Waals surface area contributed by atoms with E-state index in [1.165, 1.54) is 6.07 Å². The van der Waals surface area contributed by atoms with Crippen LogP contribution >= 0.6 is 11.6 Å². The molecule has 1 heterocycles. The first kappa shape index (κ1) is 15.7. The highest BCUT2D eigenvalue weighted by molar-refractivity contribution is 6.31. The van der Waals surface area contributed by atoms with Crippen molar-refractivity contribution in [2.24, 2.45) is 0 Å². The molecule has 0 saturated heterocycles. The second-order valence-corrected chi connectivity index (χ2v) is 5.06. The van der Waals surface area contributed by atoms with Crippen LogP contribution in [0.2, 0.25) is 5.02 Å². The van der Waals surface area contributed by atoms with Crippen LogP contribution in [0, 0.1) is 12.7 Å². The fourth-order valence-electron chi connectivity index (χ4n) is 1.91. The molecule has 112 valence electrons. The predicted octanol–water partition coefficient (Wildman–Crippen LogP) is 3.87. The number of halogens is 2. The van der Waals surface area contributed by atoms with Crippen molar-refractivity contribution in [1.29, 1.82) is 0 Å². The Hall–Kier alpha value is -1.65. The summed E-state index contributed by atoms with van der Waals surface area (Å²) in [6, 6.07) is 8.46. The lowest BCUT2D eigenvalue weighted by atomic mass is 10.2. The van der Waals surface area contributed by atoms with E-state index < -0.39 is 5.82 Å².